The van der Waals surface area contributed by atoms with Gasteiger partial charge in [-0.2, -0.15) is 13.2 Å². The number of carbonyl (C=O) groups is 2. The quantitative estimate of drug-likeness (QED) is 0.613. The number of likely N-dealkylation sites (tertiary alicyclic amines) is 1. The van der Waals surface area contributed by atoms with E-state index in [1.807, 2.05) is 0 Å². The van der Waals surface area contributed by atoms with Crippen LogP contribution in [0.5, 0.6) is 0 Å². The fraction of sp³-hybridized carbons (Fsp3) is 0.429. The third-order valence-electron chi connectivity index (χ3n) is 1.86. The molecule has 0 aliphatic carbocycles. The molecule has 7 heteroatoms. The van der Waals surface area contributed by atoms with Crippen molar-refractivity contribution in [3.8, 4) is 0 Å². The molecule has 0 bridgehead atoms. The molecule has 0 unspecified atom stereocenters. The first-order chi connectivity index (χ1) is 6.25. The summed E-state index contributed by atoms with van der Waals surface area (Å²) in [6.45, 7) is 3.08. The third-order valence-corrected chi connectivity index (χ3v) is 1.86. The van der Waals surface area contributed by atoms with Gasteiger partial charge in [0.05, 0.1) is 0 Å². The van der Waals surface area contributed by atoms with Crippen LogP contribution >= 0.6 is 0 Å². The number of alkyl halides is 3. The zero-order valence-corrected chi connectivity index (χ0v) is 6.84. The van der Waals surface area contributed by atoms with Crippen molar-refractivity contribution in [2.45, 2.75) is 18.6 Å². The Morgan fingerprint density at radius 3 is 2.36 bits per heavy atom. The summed E-state index contributed by atoms with van der Waals surface area (Å²) < 4.78 is 36.7. The molecule has 14 heavy (non-hydrogen) atoms. The molecule has 0 radical (unpaired) electrons. The van der Waals surface area contributed by atoms with Gasteiger partial charge in [-0.3, -0.25) is 4.79 Å². The molecule has 1 aliphatic heterocycles. The molecule has 1 heterocycles. The van der Waals surface area contributed by atoms with Gasteiger partial charge < -0.3 is 5.11 Å². The van der Waals surface area contributed by atoms with Crippen molar-refractivity contribution < 1.29 is 27.9 Å². The Morgan fingerprint density at radius 1 is 1.57 bits per heavy atom. The van der Waals surface area contributed by atoms with Gasteiger partial charge in [0.15, 0.2) is 0 Å². The second-order valence-electron chi connectivity index (χ2n) is 2.82. The second kappa shape index (κ2) is 3.00. The van der Waals surface area contributed by atoms with Crippen LogP contribution in [0, 0.1) is 0 Å². The zero-order chi connectivity index (χ0) is 11.1. The molecule has 1 fully saturated rings. The van der Waals surface area contributed by atoms with E-state index in [0.29, 0.717) is 0 Å². The van der Waals surface area contributed by atoms with Crippen molar-refractivity contribution >= 4 is 12.0 Å². The topological polar surface area (TPSA) is 57.6 Å². The highest BCUT2D eigenvalue weighted by Gasteiger charge is 2.53. The number of halogens is 3. The van der Waals surface area contributed by atoms with Gasteiger partial charge in [-0.05, 0) is 0 Å². The summed E-state index contributed by atoms with van der Waals surface area (Å²) in [6, 6.07) is -2.29. The summed E-state index contributed by atoms with van der Waals surface area (Å²) in [5.74, 6) is -1.18. The summed E-state index contributed by atoms with van der Waals surface area (Å²) >= 11 is 0. The number of carboxylic acid groups (broad SMARTS) is 1. The van der Waals surface area contributed by atoms with E-state index < -0.39 is 30.6 Å². The zero-order valence-electron chi connectivity index (χ0n) is 6.84. The van der Waals surface area contributed by atoms with Gasteiger partial charge in [0.1, 0.15) is 6.04 Å². The van der Waals surface area contributed by atoms with Crippen LogP contribution in [0.25, 0.3) is 0 Å². The van der Waals surface area contributed by atoms with Crippen LogP contribution in [0.2, 0.25) is 0 Å². The van der Waals surface area contributed by atoms with Crippen molar-refractivity contribution in [1.29, 1.82) is 0 Å². The second-order valence-corrected chi connectivity index (χ2v) is 2.82. The Labute approximate surface area is 76.6 Å². The van der Waals surface area contributed by atoms with Crippen molar-refractivity contribution in [3.63, 3.8) is 0 Å². The highest BCUT2D eigenvalue weighted by molar-refractivity contribution is 6.04. The van der Waals surface area contributed by atoms with E-state index in [1.165, 1.54) is 0 Å². The SMILES string of the molecule is C=C1C[C@H](C(F)(F)F)N(C(=O)O)C1=O. The Bertz CT molecular complexity index is 310. The summed E-state index contributed by atoms with van der Waals surface area (Å²) in [5.41, 5.74) is -0.338. The van der Waals surface area contributed by atoms with Crippen LogP contribution in [-0.4, -0.2) is 34.2 Å². The highest BCUT2D eigenvalue weighted by Crippen LogP contribution is 2.35. The predicted molar refractivity (Wildman–Crippen MR) is 38.5 cm³/mol. The van der Waals surface area contributed by atoms with Gasteiger partial charge >= 0.3 is 12.3 Å². The number of hydrogen-bond donors (Lipinski definition) is 1. The maximum absolute atomic E-state index is 12.2. The molecular weight excluding hydrogens is 203 g/mol. The van der Waals surface area contributed by atoms with Gasteiger partial charge in [0, 0.05) is 12.0 Å². The van der Waals surface area contributed by atoms with Gasteiger partial charge in [0.2, 0.25) is 0 Å². The normalized spacial score (nSPS) is 23.1. The largest absolute Gasteiger partial charge is 0.465 e. The first-order valence-electron chi connectivity index (χ1n) is 3.56. The number of nitrogens with zero attached hydrogens (tertiary/aromatic N) is 1. The third kappa shape index (κ3) is 1.57. The van der Waals surface area contributed by atoms with E-state index in [2.05, 4.69) is 6.58 Å². The minimum absolute atomic E-state index is 0.234. The smallest absolute Gasteiger partial charge is 0.414 e. The number of imide groups is 1. The lowest BCUT2D eigenvalue weighted by Gasteiger charge is -2.21. The fourth-order valence-corrected chi connectivity index (χ4v) is 1.21. The molecule has 0 saturated carbocycles. The van der Waals surface area contributed by atoms with Crippen LogP contribution < -0.4 is 0 Å². The van der Waals surface area contributed by atoms with E-state index >= 15 is 0 Å². The van der Waals surface area contributed by atoms with Gasteiger partial charge in [-0.25, -0.2) is 9.69 Å². The molecule has 0 aromatic rings. The molecule has 0 spiro atoms. The van der Waals surface area contributed by atoms with Crippen LogP contribution in [0.15, 0.2) is 12.2 Å². The molecule has 1 atom stereocenters. The summed E-state index contributed by atoms with van der Waals surface area (Å²) in [4.78, 5) is 21.1. The van der Waals surface area contributed by atoms with Crippen molar-refractivity contribution in [3.05, 3.63) is 12.2 Å². The molecular formula is C7H6F3NO3. The predicted octanol–water partition coefficient (Wildman–Crippen LogP) is 1.38. The monoisotopic (exact) mass is 209 g/mol. The first kappa shape index (κ1) is 10.6. The molecule has 2 amide bonds. The van der Waals surface area contributed by atoms with Crippen LogP contribution in [0.1, 0.15) is 6.42 Å². The van der Waals surface area contributed by atoms with Gasteiger partial charge in [-0.1, -0.05) is 6.58 Å². The van der Waals surface area contributed by atoms with E-state index in [4.69, 9.17) is 5.11 Å². The molecule has 0 aromatic carbocycles. The standard InChI is InChI=1S/C7H6F3NO3/c1-3-2-4(7(8,9)10)11(5(3)12)6(13)14/h4H,1-2H2,(H,13,14)/t4-/m1/s1. The Hall–Kier alpha value is -1.53. The lowest BCUT2D eigenvalue weighted by molar-refractivity contribution is -0.175. The summed E-state index contributed by atoms with van der Waals surface area (Å²) in [5, 5.41) is 8.40. The molecule has 4 nitrogen and oxygen atoms in total. The van der Waals surface area contributed by atoms with Crippen molar-refractivity contribution in [1.82, 2.24) is 4.90 Å². The Kier molecular flexibility index (Phi) is 2.26. The van der Waals surface area contributed by atoms with Gasteiger partial charge in [-0.15, -0.1) is 0 Å². The number of rotatable bonds is 0. The minimum Gasteiger partial charge on any atom is -0.465 e. The molecule has 78 valence electrons. The number of hydrogen-bond acceptors (Lipinski definition) is 2. The number of amides is 2. The highest BCUT2D eigenvalue weighted by atomic mass is 19.4. The van der Waals surface area contributed by atoms with Crippen LogP contribution in [-0.2, 0) is 4.79 Å². The van der Waals surface area contributed by atoms with Gasteiger partial charge in [0.25, 0.3) is 5.91 Å². The average Bonchev–Trinajstić information content (AvgIpc) is 2.27. The number of carbonyl (C=O) groups excluding carboxylic acids is 1. The van der Waals surface area contributed by atoms with E-state index in [-0.39, 0.29) is 10.5 Å². The maximum atomic E-state index is 12.2. The maximum Gasteiger partial charge on any atom is 0.414 e. The van der Waals surface area contributed by atoms with E-state index in [0.717, 1.165) is 0 Å². The minimum atomic E-state index is -4.74. The lowest BCUT2D eigenvalue weighted by atomic mass is 10.2. The van der Waals surface area contributed by atoms with Crippen molar-refractivity contribution in [2.75, 3.05) is 0 Å². The van der Waals surface area contributed by atoms with Crippen LogP contribution in [0.3, 0.4) is 0 Å². The molecule has 1 rings (SSSR count). The van der Waals surface area contributed by atoms with E-state index in [1.54, 1.807) is 0 Å². The van der Waals surface area contributed by atoms with E-state index in [9.17, 15) is 22.8 Å². The lowest BCUT2D eigenvalue weighted by Crippen LogP contribution is -2.45. The molecule has 1 N–H and O–H groups in total. The Morgan fingerprint density at radius 2 is 2.07 bits per heavy atom. The molecule has 1 aliphatic rings. The molecule has 0 aromatic heterocycles. The molecule has 1 saturated heterocycles. The Balaban J connectivity index is 3.03. The average molecular weight is 209 g/mol. The fourth-order valence-electron chi connectivity index (χ4n) is 1.21. The first-order valence-corrected chi connectivity index (χ1v) is 3.56. The van der Waals surface area contributed by atoms with Crippen molar-refractivity contribution in [2.24, 2.45) is 0 Å². The van der Waals surface area contributed by atoms with Crippen LogP contribution in [0.4, 0.5) is 18.0 Å². The summed E-state index contributed by atoms with van der Waals surface area (Å²) in [7, 11) is 0. The summed E-state index contributed by atoms with van der Waals surface area (Å²) in [6.07, 6.45) is -7.33.